The molecule has 162 valence electrons. The molecule has 2 N–H and O–H groups in total. The normalized spacial score (nSPS) is 20.3. The van der Waals surface area contributed by atoms with Gasteiger partial charge in [-0.05, 0) is 37.1 Å². The number of hydrogen-bond donors (Lipinski definition) is 2. The first-order valence-electron chi connectivity index (χ1n) is 10.3. The number of anilines is 2. The van der Waals surface area contributed by atoms with Crippen LogP contribution < -0.4 is 10.2 Å². The molecule has 0 saturated carbocycles. The van der Waals surface area contributed by atoms with Crippen molar-refractivity contribution in [2.75, 3.05) is 37.0 Å². The number of carbonyl (C=O) groups is 1. The van der Waals surface area contributed by atoms with Gasteiger partial charge in [0.25, 0.3) is 0 Å². The molecule has 5 rings (SSSR count). The van der Waals surface area contributed by atoms with Gasteiger partial charge < -0.3 is 19.5 Å². The van der Waals surface area contributed by atoms with Crippen LogP contribution in [0.1, 0.15) is 12.8 Å². The molecule has 2 atom stereocenters. The van der Waals surface area contributed by atoms with Gasteiger partial charge >= 0.3 is 6.09 Å². The lowest BCUT2D eigenvalue weighted by atomic mass is 10.2. The molecule has 1 aromatic carbocycles. The summed E-state index contributed by atoms with van der Waals surface area (Å²) in [6.07, 6.45) is 3.83. The minimum Gasteiger partial charge on any atom is -0.453 e. The second kappa shape index (κ2) is 8.12. The summed E-state index contributed by atoms with van der Waals surface area (Å²) >= 11 is 0. The SMILES string of the molecule is COC(=O)Nc1ccc(-c2nc(N3CC4CCC(C3)O4)c3cnn(CCO)c3n2)cc1. The maximum absolute atomic E-state index is 11.4. The molecule has 10 heteroatoms. The van der Waals surface area contributed by atoms with Crippen LogP contribution in [0.25, 0.3) is 22.4 Å². The molecule has 10 nitrogen and oxygen atoms in total. The first kappa shape index (κ1) is 19.7. The number of aromatic nitrogens is 4. The number of amides is 1. The molecule has 4 heterocycles. The molecule has 2 fully saturated rings. The third-order valence-electron chi connectivity index (χ3n) is 5.71. The van der Waals surface area contributed by atoms with Crippen molar-refractivity contribution in [3.05, 3.63) is 30.5 Å². The Labute approximate surface area is 178 Å². The number of benzene rings is 1. The molecule has 2 aliphatic rings. The van der Waals surface area contributed by atoms with E-state index in [9.17, 15) is 9.90 Å². The molecular weight excluding hydrogens is 400 g/mol. The van der Waals surface area contributed by atoms with E-state index < -0.39 is 6.09 Å². The first-order valence-corrected chi connectivity index (χ1v) is 10.3. The largest absolute Gasteiger partial charge is 0.453 e. The lowest BCUT2D eigenvalue weighted by molar-refractivity contribution is 0.0303. The fourth-order valence-corrected chi connectivity index (χ4v) is 4.23. The number of morpholine rings is 1. The van der Waals surface area contributed by atoms with Gasteiger partial charge in [-0.2, -0.15) is 5.10 Å². The summed E-state index contributed by atoms with van der Waals surface area (Å²) in [6, 6.07) is 7.26. The fraction of sp³-hybridized carbons (Fsp3) is 0.429. The van der Waals surface area contributed by atoms with Crippen LogP contribution in [0.2, 0.25) is 0 Å². The topological polar surface area (TPSA) is 115 Å². The number of nitrogens with one attached hydrogen (secondary N) is 1. The highest BCUT2D eigenvalue weighted by atomic mass is 16.5. The Kier molecular flexibility index (Phi) is 5.16. The second-order valence-corrected chi connectivity index (χ2v) is 7.76. The van der Waals surface area contributed by atoms with E-state index in [4.69, 9.17) is 14.7 Å². The quantitative estimate of drug-likeness (QED) is 0.639. The van der Waals surface area contributed by atoms with E-state index >= 15 is 0 Å². The van der Waals surface area contributed by atoms with Gasteiger partial charge in [-0.25, -0.2) is 19.4 Å². The monoisotopic (exact) mass is 424 g/mol. The summed E-state index contributed by atoms with van der Waals surface area (Å²) in [7, 11) is 1.32. The van der Waals surface area contributed by atoms with Crippen LogP contribution >= 0.6 is 0 Å². The van der Waals surface area contributed by atoms with Gasteiger partial charge in [-0.1, -0.05) is 0 Å². The van der Waals surface area contributed by atoms with Crippen LogP contribution in [-0.2, 0) is 16.0 Å². The third-order valence-corrected chi connectivity index (χ3v) is 5.71. The lowest BCUT2D eigenvalue weighted by Gasteiger charge is -2.33. The van der Waals surface area contributed by atoms with Crippen LogP contribution in [0, 0.1) is 0 Å². The van der Waals surface area contributed by atoms with Gasteiger partial charge in [0.2, 0.25) is 0 Å². The number of aliphatic hydroxyl groups is 1. The number of hydrogen-bond acceptors (Lipinski definition) is 8. The van der Waals surface area contributed by atoms with E-state index in [1.165, 1.54) is 7.11 Å². The van der Waals surface area contributed by atoms with Crippen molar-refractivity contribution in [1.82, 2.24) is 19.7 Å². The summed E-state index contributed by atoms with van der Waals surface area (Å²) in [4.78, 5) is 23.3. The third kappa shape index (κ3) is 3.79. The average Bonchev–Trinajstić information content (AvgIpc) is 3.35. The molecule has 2 aliphatic heterocycles. The molecule has 2 saturated heterocycles. The van der Waals surface area contributed by atoms with Gasteiger partial charge in [-0.3, -0.25) is 5.32 Å². The molecule has 0 radical (unpaired) electrons. The Bertz CT molecular complexity index is 1090. The highest BCUT2D eigenvalue weighted by Gasteiger charge is 2.35. The summed E-state index contributed by atoms with van der Waals surface area (Å²) in [5.74, 6) is 1.40. The first-order chi connectivity index (χ1) is 15.1. The number of fused-ring (bicyclic) bond motifs is 3. The minimum atomic E-state index is -0.525. The van der Waals surface area contributed by atoms with Crippen LogP contribution in [-0.4, -0.2) is 70.0 Å². The Hall–Kier alpha value is -3.24. The van der Waals surface area contributed by atoms with E-state index in [0.717, 1.165) is 42.7 Å². The van der Waals surface area contributed by atoms with Crippen molar-refractivity contribution in [3.8, 4) is 11.4 Å². The molecular formula is C21H24N6O4. The maximum atomic E-state index is 11.4. The molecule has 2 bridgehead atoms. The van der Waals surface area contributed by atoms with E-state index in [2.05, 4.69) is 20.1 Å². The molecule has 31 heavy (non-hydrogen) atoms. The zero-order chi connectivity index (χ0) is 21.4. The zero-order valence-electron chi connectivity index (χ0n) is 17.2. The number of nitrogens with zero attached hydrogens (tertiary/aromatic N) is 5. The zero-order valence-corrected chi connectivity index (χ0v) is 17.2. The van der Waals surface area contributed by atoms with E-state index in [1.807, 2.05) is 12.1 Å². The van der Waals surface area contributed by atoms with Gasteiger partial charge in [0.05, 0.1) is 44.1 Å². The minimum absolute atomic E-state index is 0.0267. The van der Waals surface area contributed by atoms with Gasteiger partial charge in [0, 0.05) is 24.3 Å². The van der Waals surface area contributed by atoms with Crippen LogP contribution in [0.15, 0.2) is 30.5 Å². The predicted octanol–water partition coefficient (Wildman–Crippen LogP) is 2.03. The summed E-state index contributed by atoms with van der Waals surface area (Å²) < 4.78 is 12.3. The van der Waals surface area contributed by atoms with Crippen molar-refractivity contribution < 1.29 is 19.4 Å². The Morgan fingerprint density at radius 1 is 1.23 bits per heavy atom. The summed E-state index contributed by atoms with van der Waals surface area (Å²) in [6.45, 7) is 1.90. The van der Waals surface area contributed by atoms with Gasteiger partial charge in [-0.15, -0.1) is 0 Å². The van der Waals surface area contributed by atoms with E-state index in [1.54, 1.807) is 23.0 Å². The number of methoxy groups -OCH3 is 1. The summed E-state index contributed by atoms with van der Waals surface area (Å²) in [5.41, 5.74) is 2.11. The molecule has 2 unspecified atom stereocenters. The van der Waals surface area contributed by atoms with Crippen molar-refractivity contribution >= 4 is 28.6 Å². The molecule has 0 aliphatic carbocycles. The van der Waals surface area contributed by atoms with E-state index in [0.29, 0.717) is 23.7 Å². The van der Waals surface area contributed by atoms with Crippen LogP contribution in [0.4, 0.5) is 16.3 Å². The van der Waals surface area contributed by atoms with Crippen LogP contribution in [0.3, 0.4) is 0 Å². The molecule has 0 spiro atoms. The standard InChI is InChI=1S/C21H24N6O4/c1-30-21(29)23-14-4-2-13(3-5-14)18-24-19(26-11-15-6-7-16(12-26)31-15)17-10-22-27(8-9-28)20(17)25-18/h2-5,10,15-16,28H,6-9,11-12H2,1H3,(H,23,29). The average molecular weight is 424 g/mol. The maximum Gasteiger partial charge on any atom is 0.411 e. The Morgan fingerprint density at radius 2 is 1.97 bits per heavy atom. The predicted molar refractivity (Wildman–Crippen MR) is 114 cm³/mol. The molecule has 2 aromatic heterocycles. The lowest BCUT2D eigenvalue weighted by Crippen LogP contribution is -2.43. The van der Waals surface area contributed by atoms with Crippen LogP contribution in [0.5, 0.6) is 0 Å². The van der Waals surface area contributed by atoms with Crippen molar-refractivity contribution in [2.24, 2.45) is 0 Å². The highest BCUT2D eigenvalue weighted by molar-refractivity contribution is 5.89. The Balaban J connectivity index is 1.55. The molecule has 3 aromatic rings. The smallest absolute Gasteiger partial charge is 0.411 e. The number of aliphatic hydroxyl groups excluding tert-OH is 1. The number of carbonyl (C=O) groups excluding carboxylic acids is 1. The number of rotatable bonds is 5. The second-order valence-electron chi connectivity index (χ2n) is 7.76. The van der Waals surface area contributed by atoms with Crippen molar-refractivity contribution in [3.63, 3.8) is 0 Å². The van der Waals surface area contributed by atoms with E-state index in [-0.39, 0.29) is 18.8 Å². The molecule has 1 amide bonds. The highest BCUT2D eigenvalue weighted by Crippen LogP contribution is 2.33. The van der Waals surface area contributed by atoms with Crippen molar-refractivity contribution in [2.45, 2.75) is 31.6 Å². The van der Waals surface area contributed by atoms with Gasteiger partial charge in [0.15, 0.2) is 11.5 Å². The summed E-state index contributed by atoms with van der Waals surface area (Å²) in [5, 5.41) is 17.3. The van der Waals surface area contributed by atoms with Gasteiger partial charge in [0.1, 0.15) is 5.82 Å². The fourth-order valence-electron chi connectivity index (χ4n) is 4.23. The number of ether oxygens (including phenoxy) is 2. The Morgan fingerprint density at radius 3 is 2.65 bits per heavy atom. The van der Waals surface area contributed by atoms with Crippen molar-refractivity contribution in [1.29, 1.82) is 0 Å².